The van der Waals surface area contributed by atoms with Crippen LogP contribution in [0.2, 0.25) is 0 Å². The standard InChI is InChI=1S/C11H7F3N4O2S2/c12-11(13,14)8-5-21-10(16-8)22(19,20)18-7-3-1-2-6-4-15-17-9(6)7/h1-5,18H,(H,15,17). The summed E-state index contributed by atoms with van der Waals surface area (Å²) >= 11 is 0.403. The number of para-hydroxylation sites is 1. The highest BCUT2D eigenvalue weighted by Crippen LogP contribution is 2.32. The van der Waals surface area contributed by atoms with Crippen LogP contribution in [-0.4, -0.2) is 23.6 Å². The summed E-state index contributed by atoms with van der Waals surface area (Å²) in [6.45, 7) is 0. The molecule has 0 saturated heterocycles. The summed E-state index contributed by atoms with van der Waals surface area (Å²) in [7, 11) is -4.21. The molecule has 0 aliphatic heterocycles. The zero-order valence-electron chi connectivity index (χ0n) is 10.5. The lowest BCUT2D eigenvalue weighted by atomic mass is 10.2. The molecule has 0 radical (unpaired) electrons. The van der Waals surface area contributed by atoms with E-state index in [0.29, 0.717) is 27.6 Å². The molecule has 3 rings (SSSR count). The fourth-order valence-electron chi connectivity index (χ4n) is 1.75. The second-order valence-electron chi connectivity index (χ2n) is 4.24. The minimum absolute atomic E-state index is 0.179. The van der Waals surface area contributed by atoms with Gasteiger partial charge in [0.15, 0.2) is 5.69 Å². The first-order chi connectivity index (χ1) is 10.3. The van der Waals surface area contributed by atoms with E-state index in [1.165, 1.54) is 12.3 Å². The van der Waals surface area contributed by atoms with Crippen LogP contribution in [0, 0.1) is 0 Å². The van der Waals surface area contributed by atoms with Gasteiger partial charge in [-0.25, -0.2) is 4.98 Å². The Hall–Kier alpha value is -2.14. The maximum Gasteiger partial charge on any atom is 0.434 e. The molecule has 0 bridgehead atoms. The minimum atomic E-state index is -4.69. The monoisotopic (exact) mass is 348 g/mol. The number of anilines is 1. The number of fused-ring (bicyclic) bond motifs is 1. The Labute approximate surface area is 126 Å². The largest absolute Gasteiger partial charge is 0.434 e. The number of aromatic nitrogens is 3. The Morgan fingerprint density at radius 1 is 1.27 bits per heavy atom. The predicted octanol–water partition coefficient (Wildman–Crippen LogP) is 2.84. The average Bonchev–Trinajstić information content (AvgIpc) is 3.07. The van der Waals surface area contributed by atoms with Gasteiger partial charge >= 0.3 is 6.18 Å². The van der Waals surface area contributed by atoms with Gasteiger partial charge < -0.3 is 0 Å². The molecule has 116 valence electrons. The third-order valence-electron chi connectivity index (χ3n) is 2.72. The molecular weight excluding hydrogens is 341 g/mol. The summed E-state index contributed by atoms with van der Waals surface area (Å²) in [4.78, 5) is 3.13. The number of thiazole rings is 1. The van der Waals surface area contributed by atoms with E-state index < -0.39 is 26.2 Å². The quantitative estimate of drug-likeness (QED) is 0.762. The Kier molecular flexibility index (Phi) is 3.33. The van der Waals surface area contributed by atoms with Gasteiger partial charge in [0.05, 0.1) is 17.4 Å². The van der Waals surface area contributed by atoms with Gasteiger partial charge in [-0.15, -0.1) is 11.3 Å². The number of aromatic amines is 1. The molecule has 0 amide bonds. The zero-order valence-corrected chi connectivity index (χ0v) is 12.2. The van der Waals surface area contributed by atoms with Gasteiger partial charge in [0.25, 0.3) is 10.0 Å². The number of alkyl halides is 3. The molecule has 6 nitrogen and oxygen atoms in total. The van der Waals surface area contributed by atoms with Gasteiger partial charge in [0.2, 0.25) is 4.34 Å². The Morgan fingerprint density at radius 2 is 2.05 bits per heavy atom. The molecular formula is C11H7F3N4O2S2. The third-order valence-corrected chi connectivity index (χ3v) is 5.35. The molecule has 22 heavy (non-hydrogen) atoms. The van der Waals surface area contributed by atoms with E-state index in [4.69, 9.17) is 0 Å². The number of rotatable bonds is 3. The van der Waals surface area contributed by atoms with Crippen molar-refractivity contribution in [3.05, 3.63) is 35.5 Å². The van der Waals surface area contributed by atoms with Crippen molar-refractivity contribution in [3.63, 3.8) is 0 Å². The molecule has 1 aromatic carbocycles. The molecule has 0 aliphatic rings. The topological polar surface area (TPSA) is 87.7 Å². The van der Waals surface area contributed by atoms with Crippen LogP contribution in [0.25, 0.3) is 10.9 Å². The first-order valence-corrected chi connectivity index (χ1v) is 8.11. The molecule has 11 heteroatoms. The van der Waals surface area contributed by atoms with Crippen LogP contribution in [0.5, 0.6) is 0 Å². The summed E-state index contributed by atoms with van der Waals surface area (Å²) in [6.07, 6.45) is -3.19. The average molecular weight is 348 g/mol. The lowest BCUT2D eigenvalue weighted by molar-refractivity contribution is -0.141. The molecule has 0 fully saturated rings. The lowest BCUT2D eigenvalue weighted by Crippen LogP contribution is -2.14. The second-order valence-corrected chi connectivity index (χ2v) is 6.96. The molecule has 0 aliphatic carbocycles. The number of hydrogen-bond acceptors (Lipinski definition) is 5. The van der Waals surface area contributed by atoms with Gasteiger partial charge in [-0.2, -0.15) is 26.7 Å². The van der Waals surface area contributed by atoms with E-state index in [9.17, 15) is 21.6 Å². The van der Waals surface area contributed by atoms with Crippen LogP contribution >= 0.6 is 11.3 Å². The summed E-state index contributed by atoms with van der Waals surface area (Å²) < 4.78 is 63.3. The summed E-state index contributed by atoms with van der Waals surface area (Å²) in [5.41, 5.74) is -0.630. The van der Waals surface area contributed by atoms with Crippen molar-refractivity contribution in [2.45, 2.75) is 10.5 Å². The van der Waals surface area contributed by atoms with Gasteiger partial charge in [0, 0.05) is 10.8 Å². The highest BCUT2D eigenvalue weighted by atomic mass is 32.2. The fourth-order valence-corrected chi connectivity index (χ4v) is 3.84. The van der Waals surface area contributed by atoms with Crippen LogP contribution in [0.3, 0.4) is 0 Å². The molecule has 0 saturated carbocycles. The molecule has 2 aromatic heterocycles. The second kappa shape index (κ2) is 4.95. The van der Waals surface area contributed by atoms with Crippen molar-refractivity contribution in [2.75, 3.05) is 4.72 Å². The maximum absolute atomic E-state index is 12.5. The predicted molar refractivity (Wildman–Crippen MR) is 74.0 cm³/mol. The van der Waals surface area contributed by atoms with Crippen LogP contribution in [0.15, 0.2) is 34.1 Å². The molecule has 0 spiro atoms. The van der Waals surface area contributed by atoms with Crippen LogP contribution < -0.4 is 4.72 Å². The SMILES string of the molecule is O=S(=O)(Nc1cccc2cn[nH]c12)c1nc(C(F)(F)F)cs1. The van der Waals surface area contributed by atoms with Gasteiger partial charge in [-0.05, 0) is 6.07 Å². The number of nitrogens with zero attached hydrogens (tertiary/aromatic N) is 2. The molecule has 0 atom stereocenters. The van der Waals surface area contributed by atoms with Crippen molar-refractivity contribution in [3.8, 4) is 0 Å². The highest BCUT2D eigenvalue weighted by Gasteiger charge is 2.35. The Bertz CT molecular complexity index is 930. The van der Waals surface area contributed by atoms with Crippen LogP contribution in [-0.2, 0) is 16.2 Å². The number of halogens is 3. The number of H-pyrrole nitrogens is 1. The van der Waals surface area contributed by atoms with Crippen molar-refractivity contribution >= 4 is 38.0 Å². The van der Waals surface area contributed by atoms with Crippen molar-refractivity contribution in [2.24, 2.45) is 0 Å². The van der Waals surface area contributed by atoms with E-state index in [1.807, 2.05) is 0 Å². The first kappa shape index (κ1) is 14.8. The summed E-state index contributed by atoms with van der Waals surface area (Å²) in [5, 5.41) is 7.72. The Morgan fingerprint density at radius 3 is 2.73 bits per heavy atom. The summed E-state index contributed by atoms with van der Waals surface area (Å²) in [5.74, 6) is 0. The normalized spacial score (nSPS) is 12.7. The fraction of sp³-hybridized carbons (Fsp3) is 0.0909. The highest BCUT2D eigenvalue weighted by molar-refractivity contribution is 7.94. The lowest BCUT2D eigenvalue weighted by Gasteiger charge is -2.06. The number of hydrogen-bond donors (Lipinski definition) is 2. The molecule has 3 aromatic rings. The molecule has 2 N–H and O–H groups in total. The number of sulfonamides is 1. The van der Waals surface area contributed by atoms with Gasteiger partial charge in [-0.1, -0.05) is 12.1 Å². The minimum Gasteiger partial charge on any atom is -0.276 e. The molecule has 2 heterocycles. The number of benzene rings is 1. The Balaban J connectivity index is 1.97. The van der Waals surface area contributed by atoms with Crippen molar-refractivity contribution in [1.29, 1.82) is 0 Å². The van der Waals surface area contributed by atoms with Crippen LogP contribution in [0.4, 0.5) is 18.9 Å². The van der Waals surface area contributed by atoms with Crippen molar-refractivity contribution < 1.29 is 21.6 Å². The smallest absolute Gasteiger partial charge is 0.276 e. The maximum atomic E-state index is 12.5. The number of nitrogens with one attached hydrogen (secondary N) is 2. The van der Waals surface area contributed by atoms with Gasteiger partial charge in [-0.3, -0.25) is 9.82 Å². The van der Waals surface area contributed by atoms with E-state index >= 15 is 0 Å². The summed E-state index contributed by atoms with van der Waals surface area (Å²) in [6, 6.07) is 4.77. The molecule has 0 unspecified atom stereocenters. The van der Waals surface area contributed by atoms with Crippen LogP contribution in [0.1, 0.15) is 5.69 Å². The van der Waals surface area contributed by atoms with E-state index in [0.717, 1.165) is 0 Å². The van der Waals surface area contributed by atoms with E-state index in [-0.39, 0.29) is 5.69 Å². The zero-order chi connectivity index (χ0) is 16.0. The third kappa shape index (κ3) is 2.64. The van der Waals surface area contributed by atoms with Crippen molar-refractivity contribution in [1.82, 2.24) is 15.2 Å². The van der Waals surface area contributed by atoms with E-state index in [1.54, 1.807) is 12.1 Å². The first-order valence-electron chi connectivity index (χ1n) is 5.75. The van der Waals surface area contributed by atoms with E-state index in [2.05, 4.69) is 19.9 Å². The van der Waals surface area contributed by atoms with Gasteiger partial charge in [0.1, 0.15) is 0 Å².